The first-order valence-corrected chi connectivity index (χ1v) is 5.73. The zero-order chi connectivity index (χ0) is 12.0. The number of rotatable bonds is 5. The number of carbonyl (C=O) groups excluding carboxylic acids is 1. The van der Waals surface area contributed by atoms with Gasteiger partial charge in [0.1, 0.15) is 6.61 Å². The van der Waals surface area contributed by atoms with Crippen LogP contribution in [-0.2, 0) is 14.3 Å². The summed E-state index contributed by atoms with van der Waals surface area (Å²) in [6.45, 7) is 3.77. The van der Waals surface area contributed by atoms with Crippen LogP contribution in [0.15, 0.2) is 0 Å². The molecule has 1 aliphatic heterocycles. The van der Waals surface area contributed by atoms with Gasteiger partial charge in [0.2, 0.25) is 5.91 Å². The van der Waals surface area contributed by atoms with Crippen LogP contribution in [0.25, 0.3) is 0 Å². The fourth-order valence-electron chi connectivity index (χ4n) is 1.77. The summed E-state index contributed by atoms with van der Waals surface area (Å²) in [6, 6.07) is 0. The number of aliphatic carboxylic acids is 1. The van der Waals surface area contributed by atoms with Crippen molar-refractivity contribution in [2.45, 2.75) is 26.2 Å². The molecule has 0 aliphatic carbocycles. The lowest BCUT2D eigenvalue weighted by molar-refractivity contribution is -0.146. The van der Waals surface area contributed by atoms with Gasteiger partial charge in [-0.15, -0.1) is 0 Å². The first-order chi connectivity index (χ1) is 7.65. The topological polar surface area (TPSA) is 66.8 Å². The number of carbonyl (C=O) groups is 2. The van der Waals surface area contributed by atoms with Crippen molar-refractivity contribution in [3.8, 4) is 0 Å². The highest BCUT2D eigenvalue weighted by molar-refractivity contribution is 5.78. The first kappa shape index (κ1) is 13.0. The largest absolute Gasteiger partial charge is 0.481 e. The van der Waals surface area contributed by atoms with Crippen molar-refractivity contribution in [1.29, 1.82) is 0 Å². The smallest absolute Gasteiger partial charge is 0.306 e. The lowest BCUT2D eigenvalue weighted by Gasteiger charge is -2.30. The average molecular weight is 229 g/mol. The number of nitrogens with zero attached hydrogens (tertiary/aromatic N) is 1. The van der Waals surface area contributed by atoms with Crippen LogP contribution < -0.4 is 0 Å². The van der Waals surface area contributed by atoms with Gasteiger partial charge in [0.25, 0.3) is 0 Å². The number of ether oxygens (including phenoxy) is 1. The number of hydrogen-bond donors (Lipinski definition) is 1. The molecule has 1 heterocycles. The Morgan fingerprint density at radius 2 is 2.00 bits per heavy atom. The lowest BCUT2D eigenvalue weighted by atomic mass is 9.97. The van der Waals surface area contributed by atoms with E-state index in [-0.39, 0.29) is 18.4 Å². The molecular weight excluding hydrogens is 210 g/mol. The molecule has 0 aromatic rings. The third-order valence-electron chi connectivity index (χ3n) is 2.77. The maximum Gasteiger partial charge on any atom is 0.306 e. The monoisotopic (exact) mass is 229 g/mol. The zero-order valence-corrected chi connectivity index (χ0v) is 9.65. The van der Waals surface area contributed by atoms with Gasteiger partial charge >= 0.3 is 5.97 Å². The minimum atomic E-state index is -0.755. The summed E-state index contributed by atoms with van der Waals surface area (Å²) in [5.74, 6) is -1.08. The van der Waals surface area contributed by atoms with Crippen LogP contribution in [0.2, 0.25) is 0 Å². The van der Waals surface area contributed by atoms with Crippen LogP contribution in [0.3, 0.4) is 0 Å². The molecule has 0 saturated carbocycles. The highest BCUT2D eigenvalue weighted by Gasteiger charge is 2.26. The second kappa shape index (κ2) is 6.48. The van der Waals surface area contributed by atoms with E-state index in [2.05, 4.69) is 0 Å². The summed E-state index contributed by atoms with van der Waals surface area (Å²) in [7, 11) is 0. The van der Waals surface area contributed by atoms with Crippen molar-refractivity contribution < 1.29 is 19.4 Å². The van der Waals surface area contributed by atoms with E-state index in [0.29, 0.717) is 32.5 Å². The van der Waals surface area contributed by atoms with Gasteiger partial charge in [-0.05, 0) is 19.3 Å². The van der Waals surface area contributed by atoms with Crippen LogP contribution in [0, 0.1) is 5.92 Å². The molecule has 1 N–H and O–H groups in total. The van der Waals surface area contributed by atoms with Crippen molar-refractivity contribution in [2.24, 2.45) is 5.92 Å². The van der Waals surface area contributed by atoms with E-state index in [9.17, 15) is 9.59 Å². The SMILES string of the molecule is CCCOCC(=O)N1CCC(C(=O)O)CC1. The lowest BCUT2D eigenvalue weighted by Crippen LogP contribution is -2.41. The maximum absolute atomic E-state index is 11.6. The summed E-state index contributed by atoms with van der Waals surface area (Å²) in [5.41, 5.74) is 0. The third kappa shape index (κ3) is 3.81. The first-order valence-electron chi connectivity index (χ1n) is 5.73. The van der Waals surface area contributed by atoms with Crippen molar-refractivity contribution in [3.63, 3.8) is 0 Å². The number of amides is 1. The fraction of sp³-hybridized carbons (Fsp3) is 0.818. The maximum atomic E-state index is 11.6. The Balaban J connectivity index is 2.25. The van der Waals surface area contributed by atoms with Crippen molar-refractivity contribution in [1.82, 2.24) is 4.90 Å². The molecule has 92 valence electrons. The Kier molecular flexibility index (Phi) is 5.25. The van der Waals surface area contributed by atoms with Gasteiger partial charge in [0, 0.05) is 19.7 Å². The van der Waals surface area contributed by atoms with E-state index in [1.54, 1.807) is 4.90 Å². The number of carboxylic acid groups (broad SMARTS) is 1. The molecule has 0 bridgehead atoms. The standard InChI is InChI=1S/C11H19NO4/c1-2-7-16-8-10(13)12-5-3-9(4-6-12)11(14)15/h9H,2-8H2,1H3,(H,14,15). The predicted octanol–water partition coefficient (Wildman–Crippen LogP) is 0.736. The minimum absolute atomic E-state index is 0.0303. The highest BCUT2D eigenvalue weighted by Crippen LogP contribution is 2.17. The van der Waals surface area contributed by atoms with Crippen LogP contribution in [0.1, 0.15) is 26.2 Å². The summed E-state index contributed by atoms with van der Waals surface area (Å²) in [4.78, 5) is 24.0. The third-order valence-corrected chi connectivity index (χ3v) is 2.77. The Labute approximate surface area is 95.4 Å². The van der Waals surface area contributed by atoms with Gasteiger partial charge in [-0.2, -0.15) is 0 Å². The van der Waals surface area contributed by atoms with Gasteiger partial charge in [-0.25, -0.2) is 0 Å². The molecule has 1 fully saturated rings. The normalized spacial score (nSPS) is 17.4. The van der Waals surface area contributed by atoms with Crippen LogP contribution >= 0.6 is 0 Å². The molecule has 1 aliphatic rings. The summed E-state index contributed by atoms with van der Waals surface area (Å²) in [5, 5.41) is 8.81. The van der Waals surface area contributed by atoms with Gasteiger partial charge in [0.05, 0.1) is 5.92 Å². The second-order valence-electron chi connectivity index (χ2n) is 4.05. The average Bonchev–Trinajstić information content (AvgIpc) is 2.29. The molecule has 5 heteroatoms. The minimum Gasteiger partial charge on any atom is -0.481 e. The van der Waals surface area contributed by atoms with Crippen molar-refractivity contribution in [3.05, 3.63) is 0 Å². The summed E-state index contributed by atoms with van der Waals surface area (Å²) in [6.07, 6.45) is 2.00. The Bertz CT molecular complexity index is 246. The molecule has 1 saturated heterocycles. The number of carboxylic acids is 1. The number of likely N-dealkylation sites (tertiary alicyclic amines) is 1. The molecule has 1 rings (SSSR count). The highest BCUT2D eigenvalue weighted by atomic mass is 16.5. The second-order valence-corrected chi connectivity index (χ2v) is 4.05. The van der Waals surface area contributed by atoms with Crippen LogP contribution in [0.5, 0.6) is 0 Å². The van der Waals surface area contributed by atoms with Gasteiger partial charge in [-0.1, -0.05) is 6.92 Å². The molecule has 0 aromatic carbocycles. The van der Waals surface area contributed by atoms with E-state index in [1.807, 2.05) is 6.92 Å². The van der Waals surface area contributed by atoms with Gasteiger partial charge in [-0.3, -0.25) is 9.59 Å². The van der Waals surface area contributed by atoms with E-state index in [1.165, 1.54) is 0 Å². The van der Waals surface area contributed by atoms with Crippen LogP contribution in [-0.4, -0.2) is 48.2 Å². The number of piperidine rings is 1. The molecule has 0 unspecified atom stereocenters. The fourth-order valence-corrected chi connectivity index (χ4v) is 1.77. The quantitative estimate of drug-likeness (QED) is 0.706. The molecule has 0 aromatic heterocycles. The van der Waals surface area contributed by atoms with E-state index < -0.39 is 5.97 Å². The summed E-state index contributed by atoms with van der Waals surface area (Å²) < 4.78 is 5.16. The van der Waals surface area contributed by atoms with E-state index >= 15 is 0 Å². The number of hydrogen-bond acceptors (Lipinski definition) is 3. The van der Waals surface area contributed by atoms with Gasteiger partial charge in [0.15, 0.2) is 0 Å². The molecule has 0 atom stereocenters. The Morgan fingerprint density at radius 3 is 2.50 bits per heavy atom. The molecule has 0 spiro atoms. The Hall–Kier alpha value is -1.10. The molecule has 5 nitrogen and oxygen atoms in total. The zero-order valence-electron chi connectivity index (χ0n) is 9.65. The predicted molar refractivity (Wildman–Crippen MR) is 58.0 cm³/mol. The van der Waals surface area contributed by atoms with E-state index in [0.717, 1.165) is 6.42 Å². The molecule has 0 radical (unpaired) electrons. The molecule has 16 heavy (non-hydrogen) atoms. The molecule has 1 amide bonds. The molecular formula is C11H19NO4. The van der Waals surface area contributed by atoms with Crippen molar-refractivity contribution in [2.75, 3.05) is 26.3 Å². The van der Waals surface area contributed by atoms with Crippen molar-refractivity contribution >= 4 is 11.9 Å². The Morgan fingerprint density at radius 1 is 1.38 bits per heavy atom. The van der Waals surface area contributed by atoms with Crippen LogP contribution in [0.4, 0.5) is 0 Å². The van der Waals surface area contributed by atoms with Gasteiger partial charge < -0.3 is 14.7 Å². The van der Waals surface area contributed by atoms with E-state index in [4.69, 9.17) is 9.84 Å². The summed E-state index contributed by atoms with van der Waals surface area (Å²) >= 11 is 0.